The van der Waals surface area contributed by atoms with Crippen molar-refractivity contribution >= 4 is 23.2 Å². The van der Waals surface area contributed by atoms with Crippen molar-refractivity contribution in [1.82, 2.24) is 15.1 Å². The standard InChI is InChI=1S/C12H14Cl2N4O/c1-2-3-4-9(15)12-17-11(18-19-12)10-8(14)5-7(13)6-16-10/h5-6,9H,2-4,15H2,1H3/t9-/m0/s1. The number of nitrogens with two attached hydrogens (primary N) is 1. The van der Waals surface area contributed by atoms with Gasteiger partial charge in [-0.15, -0.1) is 0 Å². The van der Waals surface area contributed by atoms with Crippen LogP contribution < -0.4 is 5.73 Å². The number of nitrogens with zero attached hydrogens (tertiary/aromatic N) is 3. The fourth-order valence-electron chi connectivity index (χ4n) is 1.61. The molecule has 0 amide bonds. The molecule has 0 unspecified atom stereocenters. The van der Waals surface area contributed by atoms with Gasteiger partial charge >= 0.3 is 0 Å². The number of aromatic nitrogens is 3. The summed E-state index contributed by atoms with van der Waals surface area (Å²) >= 11 is 11.8. The second kappa shape index (κ2) is 6.32. The predicted molar refractivity (Wildman–Crippen MR) is 74.0 cm³/mol. The van der Waals surface area contributed by atoms with Crippen molar-refractivity contribution in [3.63, 3.8) is 0 Å². The molecule has 0 fully saturated rings. The van der Waals surface area contributed by atoms with Gasteiger partial charge in [0.1, 0.15) is 5.69 Å². The van der Waals surface area contributed by atoms with Gasteiger partial charge in [-0.05, 0) is 12.5 Å². The van der Waals surface area contributed by atoms with Crippen LogP contribution >= 0.6 is 23.2 Å². The van der Waals surface area contributed by atoms with Crippen molar-refractivity contribution in [3.05, 3.63) is 28.2 Å². The van der Waals surface area contributed by atoms with Crippen LogP contribution in [0.4, 0.5) is 0 Å². The van der Waals surface area contributed by atoms with Gasteiger partial charge in [0.2, 0.25) is 11.7 Å². The Labute approximate surface area is 121 Å². The monoisotopic (exact) mass is 300 g/mol. The van der Waals surface area contributed by atoms with Crippen LogP contribution in [0.2, 0.25) is 10.0 Å². The van der Waals surface area contributed by atoms with Crippen LogP contribution in [-0.4, -0.2) is 15.1 Å². The Kier molecular flexibility index (Phi) is 4.74. The van der Waals surface area contributed by atoms with E-state index in [0.29, 0.717) is 27.5 Å². The van der Waals surface area contributed by atoms with Gasteiger partial charge < -0.3 is 10.3 Å². The van der Waals surface area contributed by atoms with Crippen molar-refractivity contribution < 1.29 is 4.52 Å². The topological polar surface area (TPSA) is 77.8 Å². The van der Waals surface area contributed by atoms with Crippen molar-refractivity contribution in [2.45, 2.75) is 32.2 Å². The van der Waals surface area contributed by atoms with Crippen LogP contribution in [0, 0.1) is 0 Å². The molecule has 0 aromatic carbocycles. The first-order chi connectivity index (χ1) is 9.11. The molecule has 0 radical (unpaired) electrons. The highest BCUT2D eigenvalue weighted by molar-refractivity contribution is 6.35. The summed E-state index contributed by atoms with van der Waals surface area (Å²) in [4.78, 5) is 8.32. The fraction of sp³-hybridized carbons (Fsp3) is 0.417. The molecule has 0 aliphatic heterocycles. The molecular formula is C12H14Cl2N4O. The van der Waals surface area contributed by atoms with Crippen molar-refractivity contribution in [1.29, 1.82) is 0 Å². The highest BCUT2D eigenvalue weighted by Crippen LogP contribution is 2.27. The summed E-state index contributed by atoms with van der Waals surface area (Å²) < 4.78 is 5.15. The molecular weight excluding hydrogens is 287 g/mol. The molecule has 2 rings (SSSR count). The molecule has 0 bridgehead atoms. The summed E-state index contributed by atoms with van der Waals surface area (Å²) in [6.07, 6.45) is 4.37. The van der Waals surface area contributed by atoms with E-state index in [9.17, 15) is 0 Å². The van der Waals surface area contributed by atoms with Gasteiger partial charge in [0, 0.05) is 6.20 Å². The quantitative estimate of drug-likeness (QED) is 0.912. The van der Waals surface area contributed by atoms with Gasteiger partial charge in [-0.3, -0.25) is 0 Å². The van der Waals surface area contributed by atoms with E-state index in [0.717, 1.165) is 19.3 Å². The third-order valence-corrected chi connectivity index (χ3v) is 3.14. The van der Waals surface area contributed by atoms with E-state index in [2.05, 4.69) is 22.0 Å². The van der Waals surface area contributed by atoms with E-state index in [4.69, 9.17) is 33.5 Å². The van der Waals surface area contributed by atoms with Crippen LogP contribution in [0.15, 0.2) is 16.8 Å². The van der Waals surface area contributed by atoms with E-state index in [1.54, 1.807) is 6.07 Å². The van der Waals surface area contributed by atoms with Crippen molar-refractivity contribution in [2.24, 2.45) is 5.73 Å². The number of unbranched alkanes of at least 4 members (excludes halogenated alkanes) is 1. The first-order valence-corrected chi connectivity index (χ1v) is 6.78. The number of hydrogen-bond acceptors (Lipinski definition) is 5. The molecule has 5 nitrogen and oxygen atoms in total. The van der Waals surface area contributed by atoms with Crippen molar-refractivity contribution in [2.75, 3.05) is 0 Å². The van der Waals surface area contributed by atoms with Crippen LogP contribution in [0.1, 0.15) is 38.1 Å². The van der Waals surface area contributed by atoms with Crippen LogP contribution in [0.5, 0.6) is 0 Å². The van der Waals surface area contributed by atoms with Gasteiger partial charge in [0.15, 0.2) is 0 Å². The molecule has 2 N–H and O–H groups in total. The predicted octanol–water partition coefficient (Wildman–Crippen LogP) is 3.63. The zero-order valence-corrected chi connectivity index (χ0v) is 11.9. The minimum Gasteiger partial charge on any atom is -0.337 e. The first kappa shape index (κ1) is 14.2. The molecule has 2 heterocycles. The van der Waals surface area contributed by atoms with Crippen LogP contribution in [-0.2, 0) is 0 Å². The summed E-state index contributed by atoms with van der Waals surface area (Å²) in [5.74, 6) is 0.722. The van der Waals surface area contributed by atoms with Gasteiger partial charge in [-0.2, -0.15) is 4.98 Å². The Bertz CT molecular complexity index is 558. The molecule has 2 aromatic rings. The summed E-state index contributed by atoms with van der Waals surface area (Å²) in [6, 6.07) is 1.32. The summed E-state index contributed by atoms with van der Waals surface area (Å²) in [7, 11) is 0. The van der Waals surface area contributed by atoms with Crippen LogP contribution in [0.25, 0.3) is 11.5 Å². The molecule has 2 aromatic heterocycles. The molecule has 0 aliphatic carbocycles. The summed E-state index contributed by atoms with van der Waals surface area (Å²) in [5.41, 5.74) is 6.40. The van der Waals surface area contributed by atoms with E-state index in [1.165, 1.54) is 6.20 Å². The third-order valence-electron chi connectivity index (χ3n) is 2.65. The Morgan fingerprint density at radius 3 is 2.89 bits per heavy atom. The fourth-order valence-corrected chi connectivity index (χ4v) is 2.07. The zero-order chi connectivity index (χ0) is 13.8. The molecule has 7 heteroatoms. The largest absolute Gasteiger partial charge is 0.337 e. The average molecular weight is 301 g/mol. The van der Waals surface area contributed by atoms with Gasteiger partial charge in [-0.1, -0.05) is 48.1 Å². The molecule has 1 atom stereocenters. The zero-order valence-electron chi connectivity index (χ0n) is 10.4. The number of hydrogen-bond donors (Lipinski definition) is 1. The second-order valence-electron chi connectivity index (χ2n) is 4.19. The maximum atomic E-state index is 6.04. The van der Waals surface area contributed by atoms with Gasteiger partial charge in [-0.25, -0.2) is 4.98 Å². The SMILES string of the molecule is CCCC[C@H](N)c1nc(-c2ncc(Cl)cc2Cl)no1. The Morgan fingerprint density at radius 1 is 1.42 bits per heavy atom. The minimum absolute atomic E-state index is 0.257. The normalized spacial score (nSPS) is 12.6. The highest BCUT2D eigenvalue weighted by atomic mass is 35.5. The summed E-state index contributed by atoms with van der Waals surface area (Å²) in [5, 5.41) is 4.68. The smallest absolute Gasteiger partial charge is 0.243 e. The van der Waals surface area contributed by atoms with E-state index in [1.807, 2.05) is 0 Å². The number of pyridine rings is 1. The first-order valence-electron chi connectivity index (χ1n) is 6.02. The number of halogens is 2. The van der Waals surface area contributed by atoms with E-state index in [-0.39, 0.29) is 6.04 Å². The average Bonchev–Trinajstić information content (AvgIpc) is 2.85. The third kappa shape index (κ3) is 3.43. The van der Waals surface area contributed by atoms with Crippen molar-refractivity contribution in [3.8, 4) is 11.5 Å². The Balaban J connectivity index is 2.20. The molecule has 0 saturated carbocycles. The molecule has 0 aliphatic rings. The maximum absolute atomic E-state index is 6.04. The lowest BCUT2D eigenvalue weighted by molar-refractivity contribution is 0.346. The second-order valence-corrected chi connectivity index (χ2v) is 5.03. The lowest BCUT2D eigenvalue weighted by atomic mass is 10.1. The lowest BCUT2D eigenvalue weighted by Crippen LogP contribution is -2.10. The lowest BCUT2D eigenvalue weighted by Gasteiger charge is -2.03. The maximum Gasteiger partial charge on any atom is 0.243 e. The molecule has 19 heavy (non-hydrogen) atoms. The van der Waals surface area contributed by atoms with E-state index < -0.39 is 0 Å². The highest BCUT2D eigenvalue weighted by Gasteiger charge is 2.17. The van der Waals surface area contributed by atoms with Gasteiger partial charge in [0.05, 0.1) is 16.1 Å². The Hall–Kier alpha value is -1.17. The molecule has 102 valence electrons. The van der Waals surface area contributed by atoms with E-state index >= 15 is 0 Å². The molecule has 0 saturated heterocycles. The Morgan fingerprint density at radius 2 is 2.21 bits per heavy atom. The summed E-state index contributed by atoms with van der Waals surface area (Å²) in [6.45, 7) is 2.10. The minimum atomic E-state index is -0.257. The number of rotatable bonds is 5. The van der Waals surface area contributed by atoms with Crippen LogP contribution in [0.3, 0.4) is 0 Å². The molecule has 0 spiro atoms. The van der Waals surface area contributed by atoms with Gasteiger partial charge in [0.25, 0.3) is 0 Å².